The quantitative estimate of drug-likeness (QED) is 0.368. The van der Waals surface area contributed by atoms with Gasteiger partial charge in [-0.1, -0.05) is 12.1 Å². The molecule has 0 unspecified atom stereocenters. The molecule has 0 atom stereocenters. The number of nitrogens with one attached hydrogen (secondary N) is 1. The predicted octanol–water partition coefficient (Wildman–Crippen LogP) is 4.20. The van der Waals surface area contributed by atoms with Crippen LogP contribution in [0.1, 0.15) is 27.6 Å². The van der Waals surface area contributed by atoms with Crippen molar-refractivity contribution >= 4 is 27.5 Å². The highest BCUT2D eigenvalue weighted by atomic mass is 32.2. The topological polar surface area (TPSA) is 98.8 Å². The molecule has 0 aliphatic carbocycles. The van der Waals surface area contributed by atoms with Crippen LogP contribution in [0.3, 0.4) is 0 Å². The first-order valence-electron chi connectivity index (χ1n) is 9.71. The third-order valence-electron chi connectivity index (χ3n) is 4.40. The van der Waals surface area contributed by atoms with E-state index in [9.17, 15) is 26.8 Å². The summed E-state index contributed by atoms with van der Waals surface area (Å²) in [6.07, 6.45) is 0. The van der Waals surface area contributed by atoms with Gasteiger partial charge in [0.25, 0.3) is 10.0 Å². The molecule has 0 fully saturated rings. The maximum Gasteiger partial charge on any atom is 0.340 e. The van der Waals surface area contributed by atoms with Crippen LogP contribution in [0.25, 0.3) is 0 Å². The van der Waals surface area contributed by atoms with Crippen molar-refractivity contribution in [2.45, 2.75) is 11.8 Å². The van der Waals surface area contributed by atoms with Crippen molar-refractivity contribution in [2.75, 3.05) is 17.9 Å². The van der Waals surface area contributed by atoms with Gasteiger partial charge in [-0.3, -0.25) is 9.52 Å². The minimum atomic E-state index is -4.06. The Labute approximate surface area is 189 Å². The summed E-state index contributed by atoms with van der Waals surface area (Å²) in [5.41, 5.74) is -0.812. The second-order valence-corrected chi connectivity index (χ2v) is 8.36. The highest BCUT2D eigenvalue weighted by Crippen LogP contribution is 2.23. The number of hydrogen-bond acceptors (Lipinski definition) is 6. The molecule has 0 heterocycles. The molecular formula is C23H19F2NO6S. The molecule has 0 spiro atoms. The first-order valence-corrected chi connectivity index (χ1v) is 11.2. The SMILES string of the molecule is CCOc1ccc(S(=O)(=O)Nc2ccccc2C(=O)OCC(=O)c2cc(F)ccc2F)cc1. The molecule has 0 saturated carbocycles. The summed E-state index contributed by atoms with van der Waals surface area (Å²) in [7, 11) is -4.06. The monoisotopic (exact) mass is 475 g/mol. The fraction of sp³-hybridized carbons (Fsp3) is 0.130. The number of carbonyl (C=O) groups is 2. The predicted molar refractivity (Wildman–Crippen MR) is 116 cm³/mol. The van der Waals surface area contributed by atoms with Crippen LogP contribution < -0.4 is 9.46 Å². The van der Waals surface area contributed by atoms with Crippen molar-refractivity contribution in [3.63, 3.8) is 0 Å². The molecule has 0 radical (unpaired) electrons. The van der Waals surface area contributed by atoms with Crippen LogP contribution in [0, 0.1) is 11.6 Å². The summed E-state index contributed by atoms with van der Waals surface area (Å²) >= 11 is 0. The number of hydrogen-bond donors (Lipinski definition) is 1. The van der Waals surface area contributed by atoms with E-state index in [1.807, 2.05) is 0 Å². The smallest absolute Gasteiger partial charge is 0.340 e. The zero-order valence-corrected chi connectivity index (χ0v) is 18.2. The lowest BCUT2D eigenvalue weighted by atomic mass is 10.1. The summed E-state index contributed by atoms with van der Waals surface area (Å²) < 4.78 is 65.0. The molecule has 3 aromatic carbocycles. The number of para-hydroxylation sites is 1. The van der Waals surface area contributed by atoms with Gasteiger partial charge in [-0.25, -0.2) is 22.0 Å². The van der Waals surface area contributed by atoms with Crippen LogP contribution in [-0.2, 0) is 14.8 Å². The minimum absolute atomic E-state index is 0.0640. The lowest BCUT2D eigenvalue weighted by molar-refractivity contribution is 0.0474. The second-order valence-electron chi connectivity index (χ2n) is 6.68. The lowest BCUT2D eigenvalue weighted by Crippen LogP contribution is -2.19. The number of halogens is 2. The van der Waals surface area contributed by atoms with Gasteiger partial charge < -0.3 is 9.47 Å². The zero-order chi connectivity index (χ0) is 24.0. The van der Waals surface area contributed by atoms with Crippen molar-refractivity contribution in [1.82, 2.24) is 0 Å². The Morgan fingerprint density at radius 3 is 2.33 bits per heavy atom. The average molecular weight is 475 g/mol. The number of rotatable bonds is 9. The second kappa shape index (κ2) is 10.2. The number of ketones is 1. The molecule has 7 nitrogen and oxygen atoms in total. The van der Waals surface area contributed by atoms with E-state index in [-0.39, 0.29) is 16.1 Å². The van der Waals surface area contributed by atoms with Crippen LogP contribution in [0.2, 0.25) is 0 Å². The molecule has 3 aromatic rings. The Morgan fingerprint density at radius 2 is 1.64 bits per heavy atom. The zero-order valence-electron chi connectivity index (χ0n) is 17.4. The van der Waals surface area contributed by atoms with Gasteiger partial charge in [-0.15, -0.1) is 0 Å². The Morgan fingerprint density at radius 1 is 0.939 bits per heavy atom. The molecule has 33 heavy (non-hydrogen) atoms. The molecule has 0 aliphatic rings. The van der Waals surface area contributed by atoms with Crippen LogP contribution >= 0.6 is 0 Å². The molecule has 0 bridgehead atoms. The molecule has 172 valence electrons. The molecule has 0 saturated heterocycles. The van der Waals surface area contributed by atoms with Crippen LogP contribution in [-0.4, -0.2) is 33.4 Å². The number of benzene rings is 3. The van der Waals surface area contributed by atoms with Crippen molar-refractivity contribution in [3.05, 3.63) is 89.5 Å². The fourth-order valence-electron chi connectivity index (χ4n) is 2.83. The largest absolute Gasteiger partial charge is 0.494 e. The number of carbonyl (C=O) groups excluding carboxylic acids is 2. The van der Waals surface area contributed by atoms with Crippen LogP contribution in [0.15, 0.2) is 71.6 Å². The van der Waals surface area contributed by atoms with Gasteiger partial charge in [0, 0.05) is 0 Å². The molecule has 3 rings (SSSR count). The van der Waals surface area contributed by atoms with Gasteiger partial charge in [0.05, 0.1) is 28.3 Å². The molecule has 1 N–H and O–H groups in total. The third kappa shape index (κ3) is 5.92. The van der Waals surface area contributed by atoms with Gasteiger partial charge in [0.1, 0.15) is 17.4 Å². The van der Waals surface area contributed by atoms with E-state index < -0.39 is 45.6 Å². The van der Waals surface area contributed by atoms with E-state index in [1.54, 1.807) is 6.92 Å². The summed E-state index contributed by atoms with van der Waals surface area (Å²) in [4.78, 5) is 24.6. The van der Waals surface area contributed by atoms with E-state index in [0.29, 0.717) is 18.4 Å². The van der Waals surface area contributed by atoms with Crippen molar-refractivity contribution < 1.29 is 36.3 Å². The van der Waals surface area contributed by atoms with Gasteiger partial charge in [-0.2, -0.15) is 0 Å². The maximum atomic E-state index is 13.7. The third-order valence-corrected chi connectivity index (χ3v) is 5.78. The fourth-order valence-corrected chi connectivity index (χ4v) is 3.91. The number of anilines is 1. The van der Waals surface area contributed by atoms with E-state index in [2.05, 4.69) is 4.72 Å². The summed E-state index contributed by atoms with van der Waals surface area (Å²) in [6, 6.07) is 13.6. The van der Waals surface area contributed by atoms with Crippen molar-refractivity contribution in [1.29, 1.82) is 0 Å². The number of esters is 1. The Bertz CT molecular complexity index is 1280. The Balaban J connectivity index is 1.74. The number of ether oxygens (including phenoxy) is 2. The first-order chi connectivity index (χ1) is 15.7. The van der Waals surface area contributed by atoms with E-state index >= 15 is 0 Å². The van der Waals surface area contributed by atoms with E-state index in [4.69, 9.17) is 9.47 Å². The summed E-state index contributed by atoms with van der Waals surface area (Å²) in [5, 5.41) is 0. The van der Waals surface area contributed by atoms with E-state index in [1.165, 1.54) is 48.5 Å². The molecule has 10 heteroatoms. The minimum Gasteiger partial charge on any atom is -0.494 e. The van der Waals surface area contributed by atoms with E-state index in [0.717, 1.165) is 12.1 Å². The Hall–Kier alpha value is -3.79. The molecule has 0 aromatic heterocycles. The van der Waals surface area contributed by atoms with Gasteiger partial charge in [-0.05, 0) is 61.5 Å². The van der Waals surface area contributed by atoms with Crippen molar-refractivity contribution in [2.24, 2.45) is 0 Å². The van der Waals surface area contributed by atoms with Crippen molar-refractivity contribution in [3.8, 4) is 5.75 Å². The average Bonchev–Trinajstić information content (AvgIpc) is 2.79. The van der Waals surface area contributed by atoms with Crippen LogP contribution in [0.4, 0.5) is 14.5 Å². The summed E-state index contributed by atoms with van der Waals surface area (Å²) in [6.45, 7) is 1.36. The summed E-state index contributed by atoms with van der Waals surface area (Å²) in [5.74, 6) is -3.25. The molecule has 0 aliphatic heterocycles. The highest BCUT2D eigenvalue weighted by molar-refractivity contribution is 7.92. The lowest BCUT2D eigenvalue weighted by Gasteiger charge is -2.13. The first kappa shape index (κ1) is 23.9. The highest BCUT2D eigenvalue weighted by Gasteiger charge is 2.21. The number of Topliss-reactive ketones (excluding diaryl/α,β-unsaturated/α-hetero) is 1. The number of sulfonamides is 1. The standard InChI is InChI=1S/C23H19F2NO6S/c1-2-31-16-8-10-17(11-9-16)33(29,30)26-21-6-4-3-5-18(21)23(28)32-14-22(27)19-13-15(24)7-12-20(19)25/h3-13,26H,2,14H2,1H3. The van der Waals surface area contributed by atoms with Gasteiger partial charge in [0.15, 0.2) is 6.61 Å². The van der Waals surface area contributed by atoms with Gasteiger partial charge >= 0.3 is 5.97 Å². The normalized spacial score (nSPS) is 11.0. The Kier molecular flexibility index (Phi) is 7.39. The molecule has 0 amide bonds. The van der Waals surface area contributed by atoms with Crippen LogP contribution in [0.5, 0.6) is 5.75 Å². The molecular weight excluding hydrogens is 456 g/mol. The maximum absolute atomic E-state index is 13.7. The van der Waals surface area contributed by atoms with Gasteiger partial charge in [0.2, 0.25) is 5.78 Å².